The van der Waals surface area contributed by atoms with Gasteiger partial charge in [0.1, 0.15) is 0 Å². The van der Waals surface area contributed by atoms with Crippen LogP contribution < -0.4 is 5.32 Å². The molecule has 0 saturated heterocycles. The smallest absolute Gasteiger partial charge is 0.311 e. The molecule has 1 aliphatic heterocycles. The second kappa shape index (κ2) is 8.72. The standard InChI is InChI=1S/C21H22N2O2S/c1-3-25-21(24)13-17-12-20(23-19-7-5-4-6-18(19)22-17)26-14-16-10-8-15(2)9-11-16/h4-12,22H,3,13-14H2,1-2H3. The number of aliphatic imine (C=N–C) groups is 1. The van der Waals surface area contributed by atoms with Crippen LogP contribution in [-0.4, -0.2) is 17.6 Å². The Balaban J connectivity index is 1.80. The fourth-order valence-corrected chi connectivity index (χ4v) is 3.46. The molecule has 1 heterocycles. The van der Waals surface area contributed by atoms with Crippen LogP contribution in [0.4, 0.5) is 11.4 Å². The molecule has 0 bridgehead atoms. The third-order valence-corrected chi connectivity index (χ3v) is 4.86. The van der Waals surface area contributed by atoms with E-state index in [1.54, 1.807) is 11.8 Å². The second-order valence-corrected chi connectivity index (χ2v) is 7.01. The summed E-state index contributed by atoms with van der Waals surface area (Å²) in [6.45, 7) is 4.28. The number of thioether (sulfide) groups is 1. The van der Waals surface area contributed by atoms with Crippen LogP contribution >= 0.6 is 11.8 Å². The van der Waals surface area contributed by atoms with Crippen molar-refractivity contribution in [1.29, 1.82) is 0 Å². The zero-order valence-electron chi connectivity index (χ0n) is 15.0. The van der Waals surface area contributed by atoms with Crippen LogP contribution in [0.3, 0.4) is 0 Å². The highest BCUT2D eigenvalue weighted by molar-refractivity contribution is 8.13. The molecule has 2 aromatic carbocycles. The summed E-state index contributed by atoms with van der Waals surface area (Å²) in [5.41, 5.74) is 5.06. The molecule has 1 aliphatic rings. The van der Waals surface area contributed by atoms with E-state index in [0.29, 0.717) is 6.61 Å². The summed E-state index contributed by atoms with van der Waals surface area (Å²) in [4.78, 5) is 16.7. The highest BCUT2D eigenvalue weighted by Crippen LogP contribution is 2.31. The average Bonchev–Trinajstić information content (AvgIpc) is 2.80. The lowest BCUT2D eigenvalue weighted by atomic mass is 10.2. The Kier molecular flexibility index (Phi) is 6.12. The Morgan fingerprint density at radius 3 is 2.69 bits per heavy atom. The molecule has 0 aromatic heterocycles. The average molecular weight is 366 g/mol. The number of benzene rings is 2. The molecular formula is C21H22N2O2S. The first-order valence-corrected chi connectivity index (χ1v) is 9.62. The molecule has 0 spiro atoms. The first-order valence-electron chi connectivity index (χ1n) is 8.63. The van der Waals surface area contributed by atoms with E-state index in [1.165, 1.54) is 11.1 Å². The van der Waals surface area contributed by atoms with Gasteiger partial charge in [0, 0.05) is 11.4 Å². The quantitative estimate of drug-likeness (QED) is 0.737. The van der Waals surface area contributed by atoms with E-state index in [4.69, 9.17) is 9.73 Å². The molecule has 0 amide bonds. The van der Waals surface area contributed by atoms with Gasteiger partial charge in [-0.25, -0.2) is 4.99 Å². The number of fused-ring (bicyclic) bond motifs is 1. The molecule has 3 rings (SSSR count). The van der Waals surface area contributed by atoms with E-state index in [1.807, 2.05) is 37.3 Å². The van der Waals surface area contributed by atoms with Crippen molar-refractivity contribution in [2.45, 2.75) is 26.0 Å². The lowest BCUT2D eigenvalue weighted by Gasteiger charge is -2.10. The van der Waals surface area contributed by atoms with Crippen LogP contribution in [0.1, 0.15) is 24.5 Å². The summed E-state index contributed by atoms with van der Waals surface area (Å²) >= 11 is 1.66. The maximum atomic E-state index is 11.9. The number of anilines is 1. The molecule has 134 valence electrons. The van der Waals surface area contributed by atoms with Crippen molar-refractivity contribution in [3.63, 3.8) is 0 Å². The van der Waals surface area contributed by atoms with Crippen LogP contribution in [0.5, 0.6) is 0 Å². The Labute approximate surface area is 158 Å². The molecule has 4 nitrogen and oxygen atoms in total. The summed E-state index contributed by atoms with van der Waals surface area (Å²) in [6, 6.07) is 16.3. The minimum absolute atomic E-state index is 0.201. The monoisotopic (exact) mass is 366 g/mol. The Bertz CT molecular complexity index is 841. The molecule has 5 heteroatoms. The molecule has 0 unspecified atom stereocenters. The van der Waals surface area contributed by atoms with Gasteiger partial charge in [0.2, 0.25) is 0 Å². The van der Waals surface area contributed by atoms with Gasteiger partial charge >= 0.3 is 5.97 Å². The Hall–Kier alpha value is -2.53. The van der Waals surface area contributed by atoms with Gasteiger partial charge in [-0.1, -0.05) is 42.0 Å². The first kappa shape index (κ1) is 18.3. The summed E-state index contributed by atoms with van der Waals surface area (Å²) < 4.78 is 5.08. The van der Waals surface area contributed by atoms with Gasteiger partial charge in [-0.3, -0.25) is 4.79 Å². The molecule has 0 fully saturated rings. The molecule has 0 atom stereocenters. The van der Waals surface area contributed by atoms with Gasteiger partial charge < -0.3 is 10.1 Å². The zero-order chi connectivity index (χ0) is 18.4. The number of esters is 1. The number of nitrogens with one attached hydrogen (secondary N) is 1. The first-order chi connectivity index (χ1) is 12.6. The summed E-state index contributed by atoms with van der Waals surface area (Å²) in [5.74, 6) is 0.582. The number of carbonyl (C=O) groups is 1. The Morgan fingerprint density at radius 1 is 1.15 bits per heavy atom. The SMILES string of the molecule is CCOC(=O)CC1=CC(SCc2ccc(C)cc2)=Nc2ccccc2N1. The number of hydrogen-bond donors (Lipinski definition) is 1. The van der Waals surface area contributed by atoms with Crippen molar-refractivity contribution < 1.29 is 9.53 Å². The maximum Gasteiger partial charge on any atom is 0.311 e. The van der Waals surface area contributed by atoms with Crippen molar-refractivity contribution in [2.24, 2.45) is 4.99 Å². The van der Waals surface area contributed by atoms with Crippen LogP contribution in [0.2, 0.25) is 0 Å². The normalized spacial score (nSPS) is 13.0. The minimum atomic E-state index is -0.242. The van der Waals surface area contributed by atoms with Gasteiger partial charge in [-0.05, 0) is 37.6 Å². The number of aryl methyl sites for hydroxylation is 1. The fraction of sp³-hybridized carbons (Fsp3) is 0.238. The molecule has 0 aliphatic carbocycles. The third kappa shape index (κ3) is 4.99. The van der Waals surface area contributed by atoms with Gasteiger partial charge in [0.15, 0.2) is 0 Å². The molecule has 1 N–H and O–H groups in total. The highest BCUT2D eigenvalue weighted by atomic mass is 32.2. The van der Waals surface area contributed by atoms with E-state index in [9.17, 15) is 4.79 Å². The van der Waals surface area contributed by atoms with E-state index >= 15 is 0 Å². The largest absolute Gasteiger partial charge is 0.466 e. The van der Waals surface area contributed by atoms with Crippen LogP contribution in [0.25, 0.3) is 0 Å². The second-order valence-electron chi connectivity index (χ2n) is 6.02. The molecular weight excluding hydrogens is 344 g/mol. The van der Waals surface area contributed by atoms with Gasteiger partial charge in [-0.2, -0.15) is 0 Å². The number of para-hydroxylation sites is 2. The number of nitrogens with zero attached hydrogens (tertiary/aromatic N) is 1. The Morgan fingerprint density at radius 2 is 1.92 bits per heavy atom. The van der Waals surface area contributed by atoms with Crippen molar-refractivity contribution in [1.82, 2.24) is 0 Å². The summed E-state index contributed by atoms with van der Waals surface area (Å²) in [5, 5.41) is 4.19. The van der Waals surface area contributed by atoms with Crippen LogP contribution in [0, 0.1) is 6.92 Å². The topological polar surface area (TPSA) is 50.7 Å². The van der Waals surface area contributed by atoms with E-state index in [2.05, 4.69) is 36.5 Å². The van der Waals surface area contributed by atoms with Gasteiger partial charge in [0.05, 0.1) is 29.4 Å². The van der Waals surface area contributed by atoms with Crippen LogP contribution in [0.15, 0.2) is 65.3 Å². The molecule has 2 aromatic rings. The van der Waals surface area contributed by atoms with Gasteiger partial charge in [0.25, 0.3) is 0 Å². The maximum absolute atomic E-state index is 11.9. The third-order valence-electron chi connectivity index (χ3n) is 3.88. The van der Waals surface area contributed by atoms with Crippen LogP contribution in [-0.2, 0) is 15.3 Å². The number of rotatable bonds is 5. The molecule has 0 radical (unpaired) electrons. The number of carbonyl (C=O) groups excluding carboxylic acids is 1. The van der Waals surface area contributed by atoms with Crippen molar-refractivity contribution >= 4 is 34.1 Å². The van der Waals surface area contributed by atoms with Crippen molar-refractivity contribution in [3.05, 3.63) is 71.4 Å². The van der Waals surface area contributed by atoms with E-state index < -0.39 is 0 Å². The predicted molar refractivity (Wildman–Crippen MR) is 109 cm³/mol. The lowest BCUT2D eigenvalue weighted by molar-refractivity contribution is -0.142. The fourth-order valence-electron chi connectivity index (χ4n) is 2.56. The molecule has 26 heavy (non-hydrogen) atoms. The minimum Gasteiger partial charge on any atom is -0.466 e. The summed E-state index contributed by atoms with van der Waals surface area (Å²) in [7, 11) is 0. The summed E-state index contributed by atoms with van der Waals surface area (Å²) in [6.07, 6.45) is 2.14. The highest BCUT2D eigenvalue weighted by Gasteiger charge is 2.14. The number of hydrogen-bond acceptors (Lipinski definition) is 5. The van der Waals surface area contributed by atoms with Crippen molar-refractivity contribution in [2.75, 3.05) is 11.9 Å². The lowest BCUT2D eigenvalue weighted by Crippen LogP contribution is -2.10. The van der Waals surface area contributed by atoms with Crippen molar-refractivity contribution in [3.8, 4) is 0 Å². The molecule has 0 saturated carbocycles. The predicted octanol–water partition coefficient (Wildman–Crippen LogP) is 5.22. The number of ether oxygens (including phenoxy) is 1. The van der Waals surface area contributed by atoms with E-state index in [-0.39, 0.29) is 12.4 Å². The zero-order valence-corrected chi connectivity index (χ0v) is 15.8. The van der Waals surface area contributed by atoms with Gasteiger partial charge in [-0.15, -0.1) is 11.8 Å². The van der Waals surface area contributed by atoms with E-state index in [0.717, 1.165) is 27.9 Å².